The number of aromatic nitrogens is 1. The minimum absolute atomic E-state index is 0.0152. The van der Waals surface area contributed by atoms with E-state index in [-0.39, 0.29) is 17.9 Å². The van der Waals surface area contributed by atoms with Gasteiger partial charge in [0.1, 0.15) is 5.75 Å². The van der Waals surface area contributed by atoms with Gasteiger partial charge in [-0.2, -0.15) is 0 Å². The molecule has 2 aliphatic rings. The van der Waals surface area contributed by atoms with Crippen molar-refractivity contribution < 1.29 is 14.3 Å². The van der Waals surface area contributed by atoms with Gasteiger partial charge >= 0.3 is 0 Å². The van der Waals surface area contributed by atoms with Crippen LogP contribution in [-0.4, -0.2) is 47.0 Å². The summed E-state index contributed by atoms with van der Waals surface area (Å²) in [4.78, 5) is 27.8. The van der Waals surface area contributed by atoms with E-state index < -0.39 is 0 Å². The highest BCUT2D eigenvalue weighted by Crippen LogP contribution is 2.32. The van der Waals surface area contributed by atoms with E-state index in [1.54, 1.807) is 0 Å². The highest BCUT2D eigenvalue weighted by Gasteiger charge is 2.27. The van der Waals surface area contributed by atoms with Crippen LogP contribution in [0.3, 0.4) is 0 Å². The Labute approximate surface area is 197 Å². The summed E-state index contributed by atoms with van der Waals surface area (Å²) in [6.07, 6.45) is 7.83. The smallest absolute Gasteiger partial charge is 0.253 e. The molecule has 2 heterocycles. The molecule has 1 N–H and O–H groups in total. The number of nitrogens with zero attached hydrogens (tertiary/aromatic N) is 2. The molecule has 2 aromatic rings. The highest BCUT2D eigenvalue weighted by atomic mass is 16.5. The zero-order valence-corrected chi connectivity index (χ0v) is 20.2. The fraction of sp³-hybridized carbons (Fsp3) is 0.556. The van der Waals surface area contributed by atoms with Gasteiger partial charge in [-0.1, -0.05) is 19.3 Å². The summed E-state index contributed by atoms with van der Waals surface area (Å²) in [6.45, 7) is 8.04. The maximum atomic E-state index is 13.1. The van der Waals surface area contributed by atoms with Crippen LogP contribution >= 0.6 is 0 Å². The van der Waals surface area contributed by atoms with Crippen molar-refractivity contribution in [3.05, 3.63) is 52.8 Å². The van der Waals surface area contributed by atoms with E-state index >= 15 is 0 Å². The van der Waals surface area contributed by atoms with Crippen LogP contribution in [0.5, 0.6) is 5.75 Å². The normalized spacial score (nSPS) is 17.7. The van der Waals surface area contributed by atoms with Gasteiger partial charge in [-0.25, -0.2) is 0 Å². The second-order valence-corrected chi connectivity index (χ2v) is 9.44. The average molecular weight is 452 g/mol. The summed E-state index contributed by atoms with van der Waals surface area (Å²) in [5.74, 6) is 0.832. The van der Waals surface area contributed by atoms with E-state index in [0.717, 1.165) is 29.8 Å². The zero-order chi connectivity index (χ0) is 23.4. The van der Waals surface area contributed by atoms with Gasteiger partial charge in [0.05, 0.1) is 12.2 Å². The molecule has 2 fully saturated rings. The van der Waals surface area contributed by atoms with E-state index in [4.69, 9.17) is 4.74 Å². The number of hydrogen-bond acceptors (Lipinski definition) is 3. The number of likely N-dealkylation sites (tertiary alicyclic amines) is 1. The van der Waals surface area contributed by atoms with Crippen molar-refractivity contribution >= 4 is 11.8 Å². The molecule has 0 radical (unpaired) electrons. The second-order valence-electron chi connectivity index (χ2n) is 9.44. The first kappa shape index (κ1) is 23.4. The molecule has 1 aromatic carbocycles. The van der Waals surface area contributed by atoms with Crippen LogP contribution in [0, 0.1) is 13.8 Å². The third kappa shape index (κ3) is 5.26. The summed E-state index contributed by atoms with van der Waals surface area (Å²) in [5, 5.41) is 3.23. The molecule has 1 aromatic heterocycles. The van der Waals surface area contributed by atoms with Gasteiger partial charge in [0.2, 0.25) is 0 Å². The van der Waals surface area contributed by atoms with Gasteiger partial charge < -0.3 is 19.5 Å². The van der Waals surface area contributed by atoms with Crippen LogP contribution in [-0.2, 0) is 0 Å². The SMILES string of the molecule is CCOc1ccc(C(=O)N2CCC(NC(=O)c3cc(C)n(C4CCCCC4)c3C)CC2)cc1. The molecule has 0 unspecified atom stereocenters. The number of carbonyl (C=O) groups is 2. The lowest BCUT2D eigenvalue weighted by atomic mass is 9.95. The maximum absolute atomic E-state index is 13.1. The molecule has 6 heteroatoms. The summed E-state index contributed by atoms with van der Waals surface area (Å²) in [6, 6.07) is 9.99. The fourth-order valence-corrected chi connectivity index (χ4v) is 5.44. The number of nitrogens with one attached hydrogen (secondary N) is 1. The van der Waals surface area contributed by atoms with Crippen LogP contribution < -0.4 is 10.1 Å². The lowest BCUT2D eigenvalue weighted by Gasteiger charge is -2.32. The molecular weight excluding hydrogens is 414 g/mol. The Balaban J connectivity index is 1.32. The lowest BCUT2D eigenvalue weighted by Crippen LogP contribution is -2.46. The summed E-state index contributed by atoms with van der Waals surface area (Å²) in [5.41, 5.74) is 3.74. The topological polar surface area (TPSA) is 63.6 Å². The summed E-state index contributed by atoms with van der Waals surface area (Å²) >= 11 is 0. The number of amides is 2. The largest absolute Gasteiger partial charge is 0.494 e. The molecule has 1 saturated carbocycles. The maximum Gasteiger partial charge on any atom is 0.253 e. The Hall–Kier alpha value is -2.76. The first-order valence-corrected chi connectivity index (χ1v) is 12.5. The van der Waals surface area contributed by atoms with E-state index in [1.165, 1.54) is 37.8 Å². The van der Waals surface area contributed by atoms with Gasteiger partial charge in [-0.15, -0.1) is 0 Å². The minimum atomic E-state index is 0.0152. The van der Waals surface area contributed by atoms with E-state index in [9.17, 15) is 9.59 Å². The number of hydrogen-bond donors (Lipinski definition) is 1. The Bertz CT molecular complexity index is 965. The van der Waals surface area contributed by atoms with Crippen molar-refractivity contribution in [2.24, 2.45) is 0 Å². The summed E-state index contributed by atoms with van der Waals surface area (Å²) < 4.78 is 7.84. The molecule has 0 atom stereocenters. The lowest BCUT2D eigenvalue weighted by molar-refractivity contribution is 0.0698. The van der Waals surface area contributed by atoms with Crippen LogP contribution in [0.15, 0.2) is 30.3 Å². The quantitative estimate of drug-likeness (QED) is 0.669. The Morgan fingerprint density at radius 2 is 1.67 bits per heavy atom. The Kier molecular flexibility index (Phi) is 7.41. The third-order valence-corrected chi connectivity index (χ3v) is 7.20. The molecule has 33 heavy (non-hydrogen) atoms. The molecule has 6 nitrogen and oxygen atoms in total. The molecule has 1 saturated heterocycles. The van der Waals surface area contributed by atoms with Crippen molar-refractivity contribution in [1.29, 1.82) is 0 Å². The van der Waals surface area contributed by atoms with Gasteiger partial charge in [0.15, 0.2) is 0 Å². The molecule has 1 aliphatic heterocycles. The number of benzene rings is 1. The molecule has 0 bridgehead atoms. The predicted molar refractivity (Wildman–Crippen MR) is 130 cm³/mol. The van der Waals surface area contributed by atoms with E-state index in [1.807, 2.05) is 42.2 Å². The second kappa shape index (κ2) is 10.4. The summed E-state index contributed by atoms with van der Waals surface area (Å²) in [7, 11) is 0. The van der Waals surface area contributed by atoms with Crippen LogP contribution in [0.2, 0.25) is 0 Å². The van der Waals surface area contributed by atoms with E-state index in [2.05, 4.69) is 23.7 Å². The monoisotopic (exact) mass is 451 g/mol. The molecule has 1 aliphatic carbocycles. The van der Waals surface area contributed by atoms with E-state index in [0.29, 0.717) is 31.3 Å². The molecule has 4 rings (SSSR count). The number of ether oxygens (including phenoxy) is 1. The van der Waals surface area contributed by atoms with Crippen LogP contribution in [0.25, 0.3) is 0 Å². The van der Waals surface area contributed by atoms with Crippen molar-refractivity contribution in [1.82, 2.24) is 14.8 Å². The molecular formula is C27H37N3O3. The van der Waals surface area contributed by atoms with Crippen molar-refractivity contribution in [2.75, 3.05) is 19.7 Å². The van der Waals surface area contributed by atoms with Crippen molar-refractivity contribution in [2.45, 2.75) is 77.8 Å². The average Bonchev–Trinajstić information content (AvgIpc) is 3.14. The number of aryl methyl sites for hydroxylation is 1. The number of carbonyl (C=O) groups excluding carboxylic acids is 2. The first-order valence-electron chi connectivity index (χ1n) is 12.5. The number of rotatable bonds is 6. The van der Waals surface area contributed by atoms with Crippen molar-refractivity contribution in [3.8, 4) is 5.75 Å². The number of piperidine rings is 1. The van der Waals surface area contributed by atoms with Gasteiger partial charge in [-0.3, -0.25) is 9.59 Å². The van der Waals surface area contributed by atoms with Crippen LogP contribution in [0.1, 0.15) is 90.0 Å². The molecule has 178 valence electrons. The molecule has 0 spiro atoms. The van der Waals surface area contributed by atoms with Crippen LogP contribution in [0.4, 0.5) is 0 Å². The fourth-order valence-electron chi connectivity index (χ4n) is 5.44. The van der Waals surface area contributed by atoms with Gasteiger partial charge in [0.25, 0.3) is 11.8 Å². The third-order valence-electron chi connectivity index (χ3n) is 7.20. The first-order chi connectivity index (χ1) is 16.0. The minimum Gasteiger partial charge on any atom is -0.494 e. The molecule has 2 amide bonds. The highest BCUT2D eigenvalue weighted by molar-refractivity contribution is 5.96. The standard InChI is InChI=1S/C27H37N3O3/c1-4-33-24-12-10-21(11-13-24)27(32)29-16-14-22(15-17-29)28-26(31)25-18-19(2)30(20(25)3)23-8-6-5-7-9-23/h10-13,18,22-23H,4-9,14-17H2,1-3H3,(H,28,31). The van der Waals surface area contributed by atoms with Gasteiger partial charge in [-0.05, 0) is 76.8 Å². The van der Waals surface area contributed by atoms with Crippen molar-refractivity contribution in [3.63, 3.8) is 0 Å². The van der Waals surface area contributed by atoms with Gasteiger partial charge in [0, 0.05) is 42.1 Å². The Morgan fingerprint density at radius 1 is 1.00 bits per heavy atom. The zero-order valence-electron chi connectivity index (χ0n) is 20.2. The Morgan fingerprint density at radius 3 is 2.30 bits per heavy atom. The predicted octanol–water partition coefficient (Wildman–Crippen LogP) is 5.04.